The minimum Gasteiger partial charge on any atom is -0.497 e. The molecule has 2 aromatic rings. The Kier molecular flexibility index (Phi) is 4.76. The molecule has 0 bridgehead atoms. The molecule has 0 radical (unpaired) electrons. The van der Waals surface area contributed by atoms with Crippen molar-refractivity contribution in [3.8, 4) is 11.5 Å². The van der Waals surface area contributed by atoms with Gasteiger partial charge in [-0.1, -0.05) is 20.8 Å². The van der Waals surface area contributed by atoms with Crippen LogP contribution in [0.25, 0.3) is 0 Å². The van der Waals surface area contributed by atoms with E-state index in [2.05, 4.69) is 48.8 Å². The molecule has 0 amide bonds. The van der Waals surface area contributed by atoms with E-state index >= 15 is 0 Å². The standard InChI is InChI=1S/C16H19BrO2S/c1-16(2,3)13-9-11(18-4)5-7-14(13)19-10-12-6-8-15(17)20-12/h5-9H,10H2,1-4H3. The summed E-state index contributed by atoms with van der Waals surface area (Å²) in [6.45, 7) is 7.12. The minimum absolute atomic E-state index is 0.0138. The number of methoxy groups -OCH3 is 1. The smallest absolute Gasteiger partial charge is 0.123 e. The van der Waals surface area contributed by atoms with E-state index < -0.39 is 0 Å². The van der Waals surface area contributed by atoms with Gasteiger partial charge in [0.05, 0.1) is 10.9 Å². The average Bonchev–Trinajstić information content (AvgIpc) is 2.81. The maximum absolute atomic E-state index is 6.00. The molecular weight excluding hydrogens is 336 g/mol. The van der Waals surface area contributed by atoms with Crippen molar-refractivity contribution in [2.75, 3.05) is 7.11 Å². The molecule has 2 rings (SSSR count). The lowest BCUT2D eigenvalue weighted by Gasteiger charge is -2.23. The van der Waals surface area contributed by atoms with Gasteiger partial charge < -0.3 is 9.47 Å². The molecule has 20 heavy (non-hydrogen) atoms. The highest BCUT2D eigenvalue weighted by molar-refractivity contribution is 9.11. The highest BCUT2D eigenvalue weighted by atomic mass is 79.9. The van der Waals surface area contributed by atoms with Crippen LogP contribution >= 0.6 is 27.3 Å². The maximum atomic E-state index is 6.00. The average molecular weight is 355 g/mol. The van der Waals surface area contributed by atoms with Crippen LogP contribution in [-0.2, 0) is 12.0 Å². The van der Waals surface area contributed by atoms with Gasteiger partial charge in [0.25, 0.3) is 0 Å². The molecule has 4 heteroatoms. The molecule has 108 valence electrons. The fourth-order valence-electron chi connectivity index (χ4n) is 1.93. The van der Waals surface area contributed by atoms with Crippen LogP contribution in [0, 0.1) is 0 Å². The van der Waals surface area contributed by atoms with Gasteiger partial charge >= 0.3 is 0 Å². The number of ether oxygens (including phenoxy) is 2. The van der Waals surface area contributed by atoms with E-state index in [1.54, 1.807) is 18.4 Å². The Hall–Kier alpha value is -1.00. The Morgan fingerprint density at radius 2 is 1.90 bits per heavy atom. The summed E-state index contributed by atoms with van der Waals surface area (Å²) in [6.07, 6.45) is 0. The molecule has 0 saturated heterocycles. The number of halogens is 1. The molecule has 1 aromatic heterocycles. The Morgan fingerprint density at radius 1 is 1.15 bits per heavy atom. The highest BCUT2D eigenvalue weighted by Gasteiger charge is 2.20. The first kappa shape index (κ1) is 15.4. The van der Waals surface area contributed by atoms with E-state index in [1.807, 2.05) is 18.2 Å². The van der Waals surface area contributed by atoms with Gasteiger partial charge in [-0.3, -0.25) is 0 Å². The molecule has 0 aliphatic rings. The molecule has 0 N–H and O–H groups in total. The maximum Gasteiger partial charge on any atom is 0.123 e. The van der Waals surface area contributed by atoms with Gasteiger partial charge in [-0.2, -0.15) is 0 Å². The largest absolute Gasteiger partial charge is 0.497 e. The first-order valence-corrected chi connectivity index (χ1v) is 8.06. The summed E-state index contributed by atoms with van der Waals surface area (Å²) in [6, 6.07) is 10.1. The zero-order chi connectivity index (χ0) is 14.8. The third-order valence-corrected chi connectivity index (χ3v) is 4.59. The minimum atomic E-state index is 0.0138. The van der Waals surface area contributed by atoms with Crippen molar-refractivity contribution in [3.63, 3.8) is 0 Å². The van der Waals surface area contributed by atoms with Crippen LogP contribution in [0.15, 0.2) is 34.1 Å². The summed E-state index contributed by atoms with van der Waals surface area (Å²) in [7, 11) is 1.69. The summed E-state index contributed by atoms with van der Waals surface area (Å²) in [5.74, 6) is 1.78. The Labute approximate surface area is 132 Å². The van der Waals surface area contributed by atoms with Gasteiger partial charge in [-0.15, -0.1) is 11.3 Å². The topological polar surface area (TPSA) is 18.5 Å². The van der Waals surface area contributed by atoms with Crippen LogP contribution < -0.4 is 9.47 Å². The molecule has 0 unspecified atom stereocenters. The molecule has 1 heterocycles. The predicted molar refractivity (Wildman–Crippen MR) is 88.0 cm³/mol. The molecule has 0 saturated carbocycles. The third kappa shape index (κ3) is 3.76. The van der Waals surface area contributed by atoms with Gasteiger partial charge in [0.2, 0.25) is 0 Å². The van der Waals surface area contributed by atoms with Crippen LogP contribution in [0.5, 0.6) is 11.5 Å². The second-order valence-electron chi connectivity index (χ2n) is 5.61. The zero-order valence-electron chi connectivity index (χ0n) is 12.2. The summed E-state index contributed by atoms with van der Waals surface area (Å²) < 4.78 is 12.4. The lowest BCUT2D eigenvalue weighted by molar-refractivity contribution is 0.300. The Bertz CT molecular complexity index is 584. The van der Waals surface area contributed by atoms with Crippen molar-refractivity contribution in [2.45, 2.75) is 32.8 Å². The second-order valence-corrected chi connectivity index (χ2v) is 8.15. The van der Waals surface area contributed by atoms with Crippen LogP contribution in [0.1, 0.15) is 31.2 Å². The molecule has 0 aliphatic carbocycles. The van der Waals surface area contributed by atoms with Crippen LogP contribution in [0.4, 0.5) is 0 Å². The SMILES string of the molecule is COc1ccc(OCc2ccc(Br)s2)c(C(C)(C)C)c1. The fourth-order valence-corrected chi connectivity index (χ4v) is 3.32. The second kappa shape index (κ2) is 6.19. The molecule has 0 aliphatic heterocycles. The lowest BCUT2D eigenvalue weighted by atomic mass is 9.86. The molecule has 2 nitrogen and oxygen atoms in total. The van der Waals surface area contributed by atoms with Crippen molar-refractivity contribution in [2.24, 2.45) is 0 Å². The van der Waals surface area contributed by atoms with Gasteiger partial charge in [0.1, 0.15) is 18.1 Å². The quantitative estimate of drug-likeness (QED) is 0.732. The lowest BCUT2D eigenvalue weighted by Crippen LogP contribution is -2.13. The molecular formula is C16H19BrO2S. The molecule has 0 atom stereocenters. The van der Waals surface area contributed by atoms with Gasteiger partial charge in [0, 0.05) is 10.4 Å². The first-order chi connectivity index (χ1) is 9.40. The van der Waals surface area contributed by atoms with Crippen molar-refractivity contribution >= 4 is 27.3 Å². The summed E-state index contributed by atoms with van der Waals surface area (Å²) in [4.78, 5) is 1.20. The van der Waals surface area contributed by atoms with E-state index in [4.69, 9.17) is 9.47 Å². The number of hydrogen-bond donors (Lipinski definition) is 0. The van der Waals surface area contributed by atoms with Gasteiger partial charge in [0.15, 0.2) is 0 Å². The highest BCUT2D eigenvalue weighted by Crippen LogP contribution is 2.35. The summed E-state index contributed by atoms with van der Waals surface area (Å²) >= 11 is 5.16. The van der Waals surface area contributed by atoms with E-state index in [1.165, 1.54) is 4.88 Å². The van der Waals surface area contributed by atoms with E-state index in [0.717, 1.165) is 20.8 Å². The van der Waals surface area contributed by atoms with Crippen LogP contribution in [-0.4, -0.2) is 7.11 Å². The number of thiophene rings is 1. The van der Waals surface area contributed by atoms with Crippen molar-refractivity contribution in [1.82, 2.24) is 0 Å². The molecule has 0 spiro atoms. The van der Waals surface area contributed by atoms with Crippen LogP contribution in [0.3, 0.4) is 0 Å². The van der Waals surface area contributed by atoms with Crippen molar-refractivity contribution in [3.05, 3.63) is 44.6 Å². The van der Waals surface area contributed by atoms with Crippen molar-refractivity contribution in [1.29, 1.82) is 0 Å². The zero-order valence-corrected chi connectivity index (χ0v) is 14.6. The normalized spacial score (nSPS) is 11.4. The summed E-state index contributed by atoms with van der Waals surface area (Å²) in [5.41, 5.74) is 1.17. The predicted octanol–water partition coefficient (Wildman–Crippen LogP) is 5.40. The first-order valence-electron chi connectivity index (χ1n) is 6.45. The van der Waals surface area contributed by atoms with Crippen molar-refractivity contribution < 1.29 is 9.47 Å². The van der Waals surface area contributed by atoms with Crippen LogP contribution in [0.2, 0.25) is 0 Å². The Morgan fingerprint density at radius 3 is 2.45 bits per heavy atom. The van der Waals surface area contributed by atoms with Gasteiger partial charge in [-0.25, -0.2) is 0 Å². The molecule has 1 aromatic carbocycles. The van der Waals surface area contributed by atoms with E-state index in [9.17, 15) is 0 Å². The number of hydrogen-bond acceptors (Lipinski definition) is 3. The monoisotopic (exact) mass is 354 g/mol. The van der Waals surface area contributed by atoms with E-state index in [0.29, 0.717) is 6.61 Å². The summed E-state index contributed by atoms with van der Waals surface area (Å²) in [5, 5.41) is 0. The fraction of sp³-hybridized carbons (Fsp3) is 0.375. The third-order valence-electron chi connectivity index (χ3n) is 2.99. The van der Waals surface area contributed by atoms with Gasteiger partial charge in [-0.05, 0) is 51.7 Å². The number of rotatable bonds is 4. The Balaban J connectivity index is 2.22. The molecule has 0 fully saturated rings. The van der Waals surface area contributed by atoms with E-state index in [-0.39, 0.29) is 5.41 Å². The number of benzene rings is 1.